The van der Waals surface area contributed by atoms with Gasteiger partial charge < -0.3 is 10.1 Å². The maximum atomic E-state index is 5.98. The quantitative estimate of drug-likeness (QED) is 0.568. The third-order valence-electron chi connectivity index (χ3n) is 5.05. The van der Waals surface area contributed by atoms with Gasteiger partial charge in [0.2, 0.25) is 0 Å². The van der Waals surface area contributed by atoms with Crippen LogP contribution in [-0.2, 0) is 10.2 Å². The fraction of sp³-hybridized carbons (Fsp3) is 0.478. The first-order valence-electron chi connectivity index (χ1n) is 9.10. The van der Waals surface area contributed by atoms with E-state index in [1.807, 2.05) is 26.2 Å². The first-order chi connectivity index (χ1) is 11.9. The Bertz CT molecular complexity index is 700. The summed E-state index contributed by atoms with van der Waals surface area (Å²) >= 11 is 0. The molecule has 1 heterocycles. The van der Waals surface area contributed by atoms with Crippen molar-refractivity contribution in [3.63, 3.8) is 0 Å². The fourth-order valence-corrected chi connectivity index (χ4v) is 3.69. The van der Waals surface area contributed by atoms with Crippen LogP contribution in [0.5, 0.6) is 0 Å². The minimum atomic E-state index is 0.0555. The Hall–Kier alpha value is -1.98. The summed E-state index contributed by atoms with van der Waals surface area (Å²) in [6.45, 7) is 11.0. The summed E-state index contributed by atoms with van der Waals surface area (Å²) in [5.74, 6) is 3.01. The molecular weight excluding hydrogens is 306 g/mol. The lowest BCUT2D eigenvalue weighted by atomic mass is 9.77. The van der Waals surface area contributed by atoms with Crippen molar-refractivity contribution in [3.8, 4) is 12.3 Å². The maximum absolute atomic E-state index is 5.98. The van der Waals surface area contributed by atoms with Crippen molar-refractivity contribution in [1.29, 1.82) is 0 Å². The standard InChI is InChI=1S/C23H31NO/c1-8-11-16(12-9-2)21-18(10-3)22(25-7)19-15-17(23(4,5)6)13-14-20(19)24-21/h1,9,11-15,18,21-22,24H,10H2,2-7H3/b12-9-,16-11+. The van der Waals surface area contributed by atoms with Crippen LogP contribution < -0.4 is 5.32 Å². The number of anilines is 1. The summed E-state index contributed by atoms with van der Waals surface area (Å²) < 4.78 is 5.98. The van der Waals surface area contributed by atoms with Gasteiger partial charge in [0, 0.05) is 24.3 Å². The second kappa shape index (κ2) is 7.93. The molecule has 134 valence electrons. The Balaban J connectivity index is 2.55. The highest BCUT2D eigenvalue weighted by atomic mass is 16.5. The van der Waals surface area contributed by atoms with Gasteiger partial charge in [-0.25, -0.2) is 0 Å². The van der Waals surface area contributed by atoms with Crippen LogP contribution in [0.4, 0.5) is 5.69 Å². The zero-order chi connectivity index (χ0) is 18.6. The number of hydrogen-bond donors (Lipinski definition) is 1. The predicted octanol–water partition coefficient (Wildman–Crippen LogP) is 5.63. The van der Waals surface area contributed by atoms with Gasteiger partial charge in [-0.05, 0) is 42.0 Å². The average Bonchev–Trinajstić information content (AvgIpc) is 2.58. The molecule has 0 aliphatic carbocycles. The Labute approximate surface area is 153 Å². The SMILES string of the molecule is C#C/C=C(\C=C/C)C1Nc2ccc(C(C)(C)C)cc2C(OC)C1CC. The van der Waals surface area contributed by atoms with Crippen LogP contribution >= 0.6 is 0 Å². The third kappa shape index (κ3) is 3.99. The van der Waals surface area contributed by atoms with Gasteiger partial charge in [-0.15, -0.1) is 6.42 Å². The Morgan fingerprint density at radius 3 is 2.60 bits per heavy atom. The highest BCUT2D eigenvalue weighted by molar-refractivity contribution is 5.60. The Kier molecular flexibility index (Phi) is 6.14. The molecule has 3 unspecified atom stereocenters. The topological polar surface area (TPSA) is 21.3 Å². The maximum Gasteiger partial charge on any atom is 0.0892 e. The van der Waals surface area contributed by atoms with Crippen LogP contribution in [0.2, 0.25) is 0 Å². The van der Waals surface area contributed by atoms with E-state index in [4.69, 9.17) is 11.2 Å². The van der Waals surface area contributed by atoms with Gasteiger partial charge in [-0.1, -0.05) is 57.9 Å². The van der Waals surface area contributed by atoms with Gasteiger partial charge in [0.1, 0.15) is 0 Å². The average molecular weight is 338 g/mol. The molecule has 0 bridgehead atoms. The van der Waals surface area contributed by atoms with Crippen molar-refractivity contribution in [3.05, 3.63) is 53.1 Å². The number of benzene rings is 1. The summed E-state index contributed by atoms with van der Waals surface area (Å²) in [6, 6.07) is 6.84. The predicted molar refractivity (Wildman–Crippen MR) is 108 cm³/mol. The molecule has 0 saturated carbocycles. The number of methoxy groups -OCH3 is 1. The lowest BCUT2D eigenvalue weighted by Gasteiger charge is -2.41. The number of hydrogen-bond acceptors (Lipinski definition) is 2. The Morgan fingerprint density at radius 2 is 2.08 bits per heavy atom. The van der Waals surface area contributed by atoms with E-state index in [1.54, 1.807) is 0 Å². The number of allylic oxidation sites excluding steroid dienone is 2. The zero-order valence-electron chi connectivity index (χ0n) is 16.4. The highest BCUT2D eigenvalue weighted by Gasteiger charge is 2.37. The molecule has 2 rings (SSSR count). The monoisotopic (exact) mass is 337 g/mol. The summed E-state index contributed by atoms with van der Waals surface area (Å²) in [5, 5.41) is 3.72. The van der Waals surface area contributed by atoms with Gasteiger partial charge in [0.25, 0.3) is 0 Å². The molecule has 2 nitrogen and oxygen atoms in total. The molecule has 0 saturated heterocycles. The minimum absolute atomic E-state index is 0.0555. The summed E-state index contributed by atoms with van der Waals surface area (Å²) in [5.41, 5.74) is 4.96. The van der Waals surface area contributed by atoms with E-state index >= 15 is 0 Å². The van der Waals surface area contributed by atoms with E-state index in [2.05, 4.69) is 63.2 Å². The molecule has 0 radical (unpaired) electrons. The highest BCUT2D eigenvalue weighted by Crippen LogP contribution is 2.44. The number of terminal acetylenes is 1. The zero-order valence-corrected chi connectivity index (χ0v) is 16.4. The molecule has 0 amide bonds. The number of rotatable bonds is 4. The molecule has 25 heavy (non-hydrogen) atoms. The van der Waals surface area contributed by atoms with Gasteiger partial charge in [-0.3, -0.25) is 0 Å². The van der Waals surface area contributed by atoms with Gasteiger partial charge in [0.05, 0.1) is 12.1 Å². The van der Waals surface area contributed by atoms with Crippen LogP contribution in [0.25, 0.3) is 0 Å². The molecule has 0 fully saturated rings. The second-order valence-electron chi connectivity index (χ2n) is 7.71. The number of nitrogens with one attached hydrogen (secondary N) is 1. The smallest absolute Gasteiger partial charge is 0.0892 e. The first-order valence-corrected chi connectivity index (χ1v) is 9.10. The summed E-state index contributed by atoms with van der Waals surface area (Å²) in [6.07, 6.45) is 12.6. The molecule has 1 aliphatic rings. The van der Waals surface area contributed by atoms with E-state index in [0.29, 0.717) is 5.92 Å². The molecule has 0 spiro atoms. The first kappa shape index (κ1) is 19.3. The van der Waals surface area contributed by atoms with Crippen molar-refractivity contribution in [2.24, 2.45) is 5.92 Å². The summed E-state index contributed by atoms with van der Waals surface area (Å²) in [4.78, 5) is 0. The van der Waals surface area contributed by atoms with E-state index in [0.717, 1.165) is 17.7 Å². The van der Waals surface area contributed by atoms with Crippen LogP contribution in [0.15, 0.2) is 42.0 Å². The molecule has 1 aromatic carbocycles. The van der Waals surface area contributed by atoms with Crippen LogP contribution in [0, 0.1) is 18.3 Å². The van der Waals surface area contributed by atoms with E-state index < -0.39 is 0 Å². The lowest BCUT2D eigenvalue weighted by molar-refractivity contribution is 0.0419. The number of ether oxygens (including phenoxy) is 1. The van der Waals surface area contributed by atoms with Crippen molar-refractivity contribution in [2.45, 2.75) is 58.6 Å². The van der Waals surface area contributed by atoms with E-state index in [9.17, 15) is 0 Å². The van der Waals surface area contributed by atoms with Crippen LogP contribution in [0.3, 0.4) is 0 Å². The van der Waals surface area contributed by atoms with Gasteiger partial charge >= 0.3 is 0 Å². The number of fused-ring (bicyclic) bond motifs is 1. The molecule has 1 aliphatic heterocycles. The largest absolute Gasteiger partial charge is 0.378 e. The van der Waals surface area contributed by atoms with Crippen LogP contribution in [0.1, 0.15) is 58.3 Å². The molecule has 3 atom stereocenters. The molecule has 1 N–H and O–H groups in total. The third-order valence-corrected chi connectivity index (χ3v) is 5.05. The van der Waals surface area contributed by atoms with Crippen molar-refractivity contribution in [1.82, 2.24) is 0 Å². The van der Waals surface area contributed by atoms with Gasteiger partial charge in [-0.2, -0.15) is 0 Å². The summed E-state index contributed by atoms with van der Waals surface area (Å²) in [7, 11) is 1.81. The van der Waals surface area contributed by atoms with Crippen molar-refractivity contribution < 1.29 is 4.74 Å². The molecule has 1 aromatic rings. The normalized spacial score (nSPS) is 23.9. The van der Waals surface area contributed by atoms with Crippen LogP contribution in [-0.4, -0.2) is 13.2 Å². The van der Waals surface area contributed by atoms with E-state index in [-0.39, 0.29) is 17.6 Å². The van der Waals surface area contributed by atoms with E-state index in [1.165, 1.54) is 11.1 Å². The van der Waals surface area contributed by atoms with Gasteiger partial charge in [0.15, 0.2) is 0 Å². The van der Waals surface area contributed by atoms with Crippen molar-refractivity contribution in [2.75, 3.05) is 12.4 Å². The molecule has 2 heteroatoms. The minimum Gasteiger partial charge on any atom is -0.378 e. The fourth-order valence-electron chi connectivity index (χ4n) is 3.69. The molecule has 0 aromatic heterocycles. The van der Waals surface area contributed by atoms with Crippen molar-refractivity contribution >= 4 is 5.69 Å². The molecular formula is C23H31NO. The lowest BCUT2D eigenvalue weighted by Crippen LogP contribution is -2.39. The second-order valence-corrected chi connectivity index (χ2v) is 7.71. The Morgan fingerprint density at radius 1 is 1.36 bits per heavy atom.